The Kier molecular flexibility index (Phi) is 3.74. The minimum absolute atomic E-state index is 0.0670. The second-order valence-corrected chi connectivity index (χ2v) is 6.26. The number of hydrogen-bond donors (Lipinski definition) is 1. The smallest absolute Gasteiger partial charge is 0.230 e. The molecule has 19 heavy (non-hydrogen) atoms. The van der Waals surface area contributed by atoms with E-state index in [9.17, 15) is 9.59 Å². The second-order valence-electron chi connectivity index (χ2n) is 6.26. The Bertz CT molecular complexity index is 500. The summed E-state index contributed by atoms with van der Waals surface area (Å²) in [6.45, 7) is 6.53. The van der Waals surface area contributed by atoms with Crippen molar-refractivity contribution in [2.45, 2.75) is 45.4 Å². The Morgan fingerprint density at radius 3 is 2.53 bits per heavy atom. The Labute approximate surface area is 114 Å². The van der Waals surface area contributed by atoms with Gasteiger partial charge >= 0.3 is 0 Å². The Morgan fingerprint density at radius 1 is 1.21 bits per heavy atom. The second kappa shape index (κ2) is 5.16. The highest BCUT2D eigenvalue weighted by molar-refractivity contribution is 5.98. The molecule has 1 saturated heterocycles. The molecule has 0 spiro atoms. The van der Waals surface area contributed by atoms with Gasteiger partial charge in [-0.3, -0.25) is 14.9 Å². The lowest BCUT2D eigenvalue weighted by Gasteiger charge is -2.26. The van der Waals surface area contributed by atoms with E-state index in [1.165, 1.54) is 11.1 Å². The fourth-order valence-corrected chi connectivity index (χ4v) is 2.63. The van der Waals surface area contributed by atoms with Crippen molar-refractivity contribution in [1.82, 2.24) is 5.32 Å². The fraction of sp³-hybridized carbons (Fsp3) is 0.500. The Hall–Kier alpha value is -1.64. The molecule has 0 aliphatic carbocycles. The molecule has 0 aromatic heterocycles. The summed E-state index contributed by atoms with van der Waals surface area (Å²) < 4.78 is 0. The van der Waals surface area contributed by atoms with E-state index in [2.05, 4.69) is 38.2 Å². The molecule has 0 radical (unpaired) electrons. The molecule has 1 fully saturated rings. The lowest BCUT2D eigenvalue weighted by Crippen LogP contribution is -2.41. The van der Waals surface area contributed by atoms with E-state index in [1.54, 1.807) is 0 Å². The summed E-state index contributed by atoms with van der Waals surface area (Å²) in [5.74, 6) is -0.355. The van der Waals surface area contributed by atoms with Crippen molar-refractivity contribution in [1.29, 1.82) is 0 Å². The first kappa shape index (κ1) is 13.8. The molecule has 2 rings (SSSR count). The molecule has 1 aromatic rings. The zero-order valence-electron chi connectivity index (χ0n) is 11.8. The number of hydrogen-bond acceptors (Lipinski definition) is 2. The van der Waals surface area contributed by atoms with Crippen LogP contribution in [-0.4, -0.2) is 11.8 Å². The first-order valence-corrected chi connectivity index (χ1v) is 6.80. The van der Waals surface area contributed by atoms with Crippen LogP contribution in [0.1, 0.15) is 44.7 Å². The van der Waals surface area contributed by atoms with Crippen molar-refractivity contribution in [2.75, 3.05) is 0 Å². The molecule has 1 atom stereocenters. The predicted octanol–water partition coefficient (Wildman–Crippen LogP) is 2.58. The van der Waals surface area contributed by atoms with E-state index >= 15 is 0 Å². The third-order valence-electron chi connectivity index (χ3n) is 3.64. The summed E-state index contributed by atoms with van der Waals surface area (Å²) in [5, 5.41) is 2.43. The highest BCUT2D eigenvalue weighted by atomic mass is 16.2. The van der Waals surface area contributed by atoms with Crippen molar-refractivity contribution < 1.29 is 9.59 Å². The van der Waals surface area contributed by atoms with Crippen LogP contribution in [-0.2, 0) is 21.4 Å². The molecule has 0 bridgehead atoms. The van der Waals surface area contributed by atoms with Crippen LogP contribution in [0.4, 0.5) is 0 Å². The summed E-state index contributed by atoms with van der Waals surface area (Å²) in [4.78, 5) is 23.0. The summed E-state index contributed by atoms with van der Waals surface area (Å²) in [6.07, 6.45) is 1.82. The van der Waals surface area contributed by atoms with Gasteiger partial charge in [0.2, 0.25) is 11.8 Å². The maximum atomic E-state index is 11.8. The molecule has 0 saturated carbocycles. The molecule has 1 unspecified atom stereocenters. The number of carbonyl (C=O) groups is 2. The Balaban J connectivity index is 2.20. The average molecular weight is 259 g/mol. The van der Waals surface area contributed by atoms with Crippen LogP contribution in [0.25, 0.3) is 0 Å². The van der Waals surface area contributed by atoms with E-state index in [0.717, 1.165) is 0 Å². The third kappa shape index (κ3) is 3.22. The van der Waals surface area contributed by atoms with Crippen molar-refractivity contribution in [3.63, 3.8) is 0 Å². The standard InChI is InChI=1S/C16H21NO2/c1-16(2,3)13-7-5-4-6-11(13)10-12-8-9-14(18)17-15(12)19/h4-7,12H,8-10H2,1-3H3,(H,17,18,19). The van der Waals surface area contributed by atoms with E-state index in [-0.39, 0.29) is 23.1 Å². The van der Waals surface area contributed by atoms with Crippen molar-refractivity contribution in [2.24, 2.45) is 5.92 Å². The zero-order valence-corrected chi connectivity index (χ0v) is 11.8. The van der Waals surface area contributed by atoms with Crippen LogP contribution in [0.2, 0.25) is 0 Å². The molecule has 1 heterocycles. The molecular weight excluding hydrogens is 238 g/mol. The first-order chi connectivity index (χ1) is 8.88. The minimum Gasteiger partial charge on any atom is -0.296 e. The SMILES string of the molecule is CC(C)(C)c1ccccc1CC1CCC(=O)NC1=O. The topological polar surface area (TPSA) is 46.2 Å². The molecule has 1 aliphatic rings. The fourth-order valence-electron chi connectivity index (χ4n) is 2.63. The van der Waals surface area contributed by atoms with Crippen LogP contribution in [0.5, 0.6) is 0 Å². The lowest BCUT2D eigenvalue weighted by molar-refractivity contribution is -0.136. The van der Waals surface area contributed by atoms with E-state index in [0.29, 0.717) is 19.3 Å². The Morgan fingerprint density at radius 2 is 1.89 bits per heavy atom. The van der Waals surface area contributed by atoms with Gasteiger partial charge < -0.3 is 0 Å². The number of piperidine rings is 1. The van der Waals surface area contributed by atoms with Crippen LogP contribution in [0, 0.1) is 5.92 Å². The number of imide groups is 1. The number of carbonyl (C=O) groups excluding carboxylic acids is 2. The lowest BCUT2D eigenvalue weighted by atomic mass is 9.80. The van der Waals surface area contributed by atoms with Crippen molar-refractivity contribution >= 4 is 11.8 Å². The monoisotopic (exact) mass is 259 g/mol. The van der Waals surface area contributed by atoms with Crippen LogP contribution >= 0.6 is 0 Å². The molecule has 1 aromatic carbocycles. The molecular formula is C16H21NO2. The van der Waals surface area contributed by atoms with Gasteiger partial charge in [0, 0.05) is 12.3 Å². The molecule has 2 amide bonds. The van der Waals surface area contributed by atoms with E-state index in [1.807, 2.05) is 12.1 Å². The summed E-state index contributed by atoms with van der Waals surface area (Å²) in [5.41, 5.74) is 2.56. The van der Waals surface area contributed by atoms with Gasteiger partial charge in [-0.05, 0) is 29.4 Å². The minimum atomic E-state index is -0.148. The first-order valence-electron chi connectivity index (χ1n) is 6.80. The molecule has 1 aliphatic heterocycles. The van der Waals surface area contributed by atoms with Gasteiger partial charge in [0.15, 0.2) is 0 Å². The van der Waals surface area contributed by atoms with Crippen LogP contribution in [0.15, 0.2) is 24.3 Å². The summed E-state index contributed by atoms with van der Waals surface area (Å²) in [7, 11) is 0. The van der Waals surface area contributed by atoms with Crippen molar-refractivity contribution in [3.8, 4) is 0 Å². The summed E-state index contributed by atoms with van der Waals surface area (Å²) in [6, 6.07) is 8.26. The van der Waals surface area contributed by atoms with Gasteiger partial charge in [-0.15, -0.1) is 0 Å². The highest BCUT2D eigenvalue weighted by Crippen LogP contribution is 2.28. The van der Waals surface area contributed by atoms with Gasteiger partial charge in [0.05, 0.1) is 0 Å². The molecule has 1 N–H and O–H groups in total. The van der Waals surface area contributed by atoms with Crippen LogP contribution in [0.3, 0.4) is 0 Å². The van der Waals surface area contributed by atoms with E-state index in [4.69, 9.17) is 0 Å². The van der Waals surface area contributed by atoms with E-state index < -0.39 is 0 Å². The number of nitrogens with one attached hydrogen (secondary N) is 1. The van der Waals surface area contributed by atoms with Gasteiger partial charge in [-0.2, -0.15) is 0 Å². The van der Waals surface area contributed by atoms with Crippen molar-refractivity contribution in [3.05, 3.63) is 35.4 Å². The zero-order chi connectivity index (χ0) is 14.0. The molecule has 102 valence electrons. The largest absolute Gasteiger partial charge is 0.296 e. The molecule has 3 heteroatoms. The average Bonchev–Trinajstić information content (AvgIpc) is 2.32. The maximum Gasteiger partial charge on any atom is 0.230 e. The maximum absolute atomic E-state index is 11.8. The van der Waals surface area contributed by atoms with Gasteiger partial charge in [-0.25, -0.2) is 0 Å². The van der Waals surface area contributed by atoms with Crippen LogP contribution < -0.4 is 5.32 Å². The third-order valence-corrected chi connectivity index (χ3v) is 3.64. The number of benzene rings is 1. The van der Waals surface area contributed by atoms with Gasteiger partial charge in [0.25, 0.3) is 0 Å². The molecule has 3 nitrogen and oxygen atoms in total. The quantitative estimate of drug-likeness (QED) is 0.830. The predicted molar refractivity (Wildman–Crippen MR) is 74.7 cm³/mol. The normalized spacial score (nSPS) is 20.3. The number of amides is 2. The summed E-state index contributed by atoms with van der Waals surface area (Å²) >= 11 is 0. The highest BCUT2D eigenvalue weighted by Gasteiger charge is 2.28. The van der Waals surface area contributed by atoms with Gasteiger partial charge in [-0.1, -0.05) is 45.0 Å². The van der Waals surface area contributed by atoms with Gasteiger partial charge in [0.1, 0.15) is 0 Å². The number of rotatable bonds is 2.